The second-order valence-electron chi connectivity index (χ2n) is 10.2. The Hall–Kier alpha value is -3.55. The Morgan fingerprint density at radius 2 is 1.67 bits per heavy atom. The van der Waals surface area contributed by atoms with Gasteiger partial charge in [0, 0.05) is 11.7 Å². The van der Waals surface area contributed by atoms with Crippen LogP contribution in [-0.2, 0) is 20.7 Å². The van der Waals surface area contributed by atoms with E-state index in [1.807, 2.05) is 31.2 Å². The van der Waals surface area contributed by atoms with E-state index in [-0.39, 0.29) is 30.3 Å². The number of nitrogens with zero attached hydrogens (tertiary/aromatic N) is 1. The predicted octanol–water partition coefficient (Wildman–Crippen LogP) is 4.70. The zero-order valence-electron chi connectivity index (χ0n) is 22.0. The Morgan fingerprint density at radius 3 is 2.17 bits per heavy atom. The van der Waals surface area contributed by atoms with Crippen molar-refractivity contribution in [1.29, 1.82) is 0 Å². The van der Waals surface area contributed by atoms with Crippen molar-refractivity contribution in [2.75, 3.05) is 19.0 Å². The Labute approximate surface area is 213 Å². The monoisotopic (exact) mass is 495 g/mol. The fourth-order valence-electron chi connectivity index (χ4n) is 4.02. The number of methoxy groups -OCH3 is 1. The highest BCUT2D eigenvalue weighted by molar-refractivity contribution is 5.98. The maximum absolute atomic E-state index is 13.7. The molecule has 0 saturated heterocycles. The van der Waals surface area contributed by atoms with Crippen LogP contribution in [0.25, 0.3) is 0 Å². The summed E-state index contributed by atoms with van der Waals surface area (Å²) in [7, 11) is 1.58. The van der Waals surface area contributed by atoms with Gasteiger partial charge in [0.05, 0.1) is 7.11 Å². The first-order chi connectivity index (χ1) is 17.0. The summed E-state index contributed by atoms with van der Waals surface area (Å²) in [6, 6.07) is 13.8. The van der Waals surface area contributed by atoms with Crippen LogP contribution in [0.4, 0.5) is 10.5 Å². The van der Waals surface area contributed by atoms with Gasteiger partial charge in [-0.3, -0.25) is 9.59 Å². The zero-order valence-corrected chi connectivity index (χ0v) is 22.0. The number of aryl methyl sites for hydroxylation is 1. The van der Waals surface area contributed by atoms with Gasteiger partial charge in [0.1, 0.15) is 23.9 Å². The van der Waals surface area contributed by atoms with Crippen molar-refractivity contribution in [3.63, 3.8) is 0 Å². The van der Waals surface area contributed by atoms with Gasteiger partial charge in [-0.1, -0.05) is 38.1 Å². The predicted molar refractivity (Wildman–Crippen MR) is 139 cm³/mol. The summed E-state index contributed by atoms with van der Waals surface area (Å²) in [4.78, 5) is 41.0. The third kappa shape index (κ3) is 7.23. The van der Waals surface area contributed by atoms with Crippen LogP contribution in [0.3, 0.4) is 0 Å². The number of nitrogens with one attached hydrogen (secondary N) is 2. The topological polar surface area (TPSA) is 97.0 Å². The molecular formula is C28H37N3O5. The molecule has 194 valence electrons. The van der Waals surface area contributed by atoms with Gasteiger partial charge >= 0.3 is 6.09 Å². The van der Waals surface area contributed by atoms with Gasteiger partial charge in [-0.2, -0.15) is 0 Å². The van der Waals surface area contributed by atoms with Crippen LogP contribution in [0, 0.1) is 5.92 Å². The summed E-state index contributed by atoms with van der Waals surface area (Å²) >= 11 is 0. The average molecular weight is 496 g/mol. The molecule has 3 atom stereocenters. The normalized spacial score (nSPS) is 17.5. The van der Waals surface area contributed by atoms with E-state index >= 15 is 0 Å². The smallest absolute Gasteiger partial charge is 0.408 e. The van der Waals surface area contributed by atoms with Crippen molar-refractivity contribution < 1.29 is 23.9 Å². The highest BCUT2D eigenvalue weighted by atomic mass is 16.6. The molecule has 36 heavy (non-hydrogen) atoms. The number of carbonyl (C=O) groups is 3. The quantitative estimate of drug-likeness (QED) is 0.526. The molecule has 3 amide bonds. The molecule has 0 heterocycles. The number of carbonyl (C=O) groups excluding carboxylic acids is 3. The van der Waals surface area contributed by atoms with Gasteiger partial charge in [-0.15, -0.1) is 0 Å². The van der Waals surface area contributed by atoms with Crippen molar-refractivity contribution in [3.8, 4) is 5.75 Å². The molecule has 0 spiro atoms. The molecule has 0 aromatic heterocycles. The van der Waals surface area contributed by atoms with Crippen LogP contribution in [0.15, 0.2) is 48.5 Å². The summed E-state index contributed by atoms with van der Waals surface area (Å²) in [5.41, 5.74) is 1.76. The van der Waals surface area contributed by atoms with E-state index in [0.717, 1.165) is 18.4 Å². The van der Waals surface area contributed by atoms with Crippen molar-refractivity contribution in [2.24, 2.45) is 5.92 Å². The second-order valence-corrected chi connectivity index (χ2v) is 10.2. The van der Waals surface area contributed by atoms with Crippen molar-refractivity contribution in [3.05, 3.63) is 59.7 Å². The summed E-state index contributed by atoms with van der Waals surface area (Å²) in [6.45, 7) is 9.11. The fraction of sp³-hybridized carbons (Fsp3) is 0.464. The Morgan fingerprint density at radius 1 is 1.06 bits per heavy atom. The van der Waals surface area contributed by atoms with Crippen LogP contribution in [0.2, 0.25) is 0 Å². The lowest BCUT2D eigenvalue weighted by molar-refractivity contribution is -0.139. The van der Waals surface area contributed by atoms with E-state index in [1.54, 1.807) is 57.0 Å². The lowest BCUT2D eigenvalue weighted by atomic mass is 10.0. The number of hydrogen-bond donors (Lipinski definition) is 2. The van der Waals surface area contributed by atoms with Gasteiger partial charge in [0.15, 0.2) is 0 Å². The maximum Gasteiger partial charge on any atom is 0.408 e. The molecule has 2 N–H and O–H groups in total. The number of anilines is 1. The lowest BCUT2D eigenvalue weighted by Gasteiger charge is -2.32. The average Bonchev–Trinajstić information content (AvgIpc) is 3.56. The highest BCUT2D eigenvalue weighted by Crippen LogP contribution is 2.40. The number of amides is 3. The molecule has 0 aliphatic heterocycles. The number of rotatable bonds is 9. The van der Waals surface area contributed by atoms with Gasteiger partial charge in [0.25, 0.3) is 5.91 Å². The third-order valence-corrected chi connectivity index (χ3v) is 6.08. The zero-order chi connectivity index (χ0) is 26.5. The first kappa shape index (κ1) is 27.0. The van der Waals surface area contributed by atoms with E-state index in [9.17, 15) is 14.4 Å². The molecule has 1 aliphatic rings. The lowest BCUT2D eigenvalue weighted by Crippen LogP contribution is -2.48. The van der Waals surface area contributed by atoms with Crippen molar-refractivity contribution in [1.82, 2.24) is 10.2 Å². The summed E-state index contributed by atoms with van der Waals surface area (Å²) in [6.07, 6.45) is 0.981. The standard InChI is InChI=1S/C28H37N3O5/c1-7-19-8-10-20(11-9-19)25(26(33)30-21-12-14-22(35-6)15-13-21)31(23-16-18(23)2)24(32)17-29-27(34)36-28(3,4)5/h8-15,18,23,25H,7,16-17H2,1-6H3,(H,29,34)(H,30,33). The van der Waals surface area contributed by atoms with Crippen LogP contribution in [0.5, 0.6) is 5.75 Å². The minimum Gasteiger partial charge on any atom is -0.497 e. The Kier molecular flexibility index (Phi) is 8.61. The minimum absolute atomic E-state index is 0.101. The van der Waals surface area contributed by atoms with E-state index in [4.69, 9.17) is 9.47 Å². The molecule has 0 bridgehead atoms. The molecular weight excluding hydrogens is 458 g/mol. The van der Waals surface area contributed by atoms with Crippen molar-refractivity contribution >= 4 is 23.6 Å². The first-order valence-electron chi connectivity index (χ1n) is 12.3. The van der Waals surface area contributed by atoms with Crippen LogP contribution >= 0.6 is 0 Å². The molecule has 2 aromatic carbocycles. The van der Waals surface area contributed by atoms with Gasteiger partial charge in [-0.05, 0) is 74.9 Å². The first-order valence-corrected chi connectivity index (χ1v) is 12.3. The molecule has 2 aromatic rings. The molecule has 1 aliphatic carbocycles. The van der Waals surface area contributed by atoms with E-state index in [1.165, 1.54) is 0 Å². The third-order valence-electron chi connectivity index (χ3n) is 6.08. The van der Waals surface area contributed by atoms with Crippen LogP contribution in [0.1, 0.15) is 58.2 Å². The largest absolute Gasteiger partial charge is 0.497 e. The highest BCUT2D eigenvalue weighted by Gasteiger charge is 2.46. The number of hydrogen-bond acceptors (Lipinski definition) is 5. The molecule has 1 saturated carbocycles. The van der Waals surface area contributed by atoms with Gasteiger partial charge in [0.2, 0.25) is 5.91 Å². The number of benzene rings is 2. The summed E-state index contributed by atoms with van der Waals surface area (Å²) in [5, 5.41) is 5.49. The molecule has 3 unspecified atom stereocenters. The molecule has 0 radical (unpaired) electrons. The summed E-state index contributed by atoms with van der Waals surface area (Å²) < 4.78 is 10.5. The number of alkyl carbamates (subject to hydrolysis) is 1. The van der Waals surface area contributed by atoms with E-state index in [0.29, 0.717) is 17.0 Å². The summed E-state index contributed by atoms with van der Waals surface area (Å²) in [5.74, 6) is 0.261. The molecule has 8 heteroatoms. The molecule has 8 nitrogen and oxygen atoms in total. The Bertz CT molecular complexity index is 1060. The van der Waals surface area contributed by atoms with E-state index < -0.39 is 17.7 Å². The van der Waals surface area contributed by atoms with Gasteiger partial charge in [-0.25, -0.2) is 4.79 Å². The Balaban J connectivity index is 1.88. The fourth-order valence-corrected chi connectivity index (χ4v) is 4.02. The molecule has 3 rings (SSSR count). The van der Waals surface area contributed by atoms with E-state index in [2.05, 4.69) is 17.6 Å². The van der Waals surface area contributed by atoms with Crippen molar-refractivity contribution in [2.45, 2.75) is 65.1 Å². The molecule has 1 fully saturated rings. The van der Waals surface area contributed by atoms with Gasteiger partial charge < -0.3 is 25.0 Å². The number of ether oxygens (including phenoxy) is 2. The second kappa shape index (κ2) is 11.5. The van der Waals surface area contributed by atoms with Crippen LogP contribution < -0.4 is 15.4 Å². The van der Waals surface area contributed by atoms with Crippen LogP contribution in [-0.4, -0.2) is 48.1 Å². The maximum atomic E-state index is 13.7. The SMILES string of the molecule is CCc1ccc(C(C(=O)Nc2ccc(OC)cc2)N(C(=O)CNC(=O)OC(C)(C)C)C2CC2C)cc1. The minimum atomic E-state index is -0.860.